The molecule has 0 saturated carbocycles. The van der Waals surface area contributed by atoms with Gasteiger partial charge in [0.25, 0.3) is 11.5 Å². The third-order valence-corrected chi connectivity index (χ3v) is 5.01. The molecular weight excluding hydrogens is 348 g/mol. The number of rotatable bonds is 6. The number of hydrogen-bond acceptors (Lipinski definition) is 5. The SMILES string of the molecule is CCCCn1nc(C(=O)N/N=C/c2sccc2C)c2ccccc2c1=O. The van der Waals surface area contributed by atoms with Gasteiger partial charge >= 0.3 is 0 Å². The molecule has 0 fully saturated rings. The van der Waals surface area contributed by atoms with Crippen molar-refractivity contribution in [3.8, 4) is 0 Å². The number of carbonyl (C=O) groups excluding carboxylic acids is 1. The monoisotopic (exact) mass is 368 g/mol. The number of nitrogens with one attached hydrogen (secondary N) is 1. The number of aromatic nitrogens is 2. The first-order valence-electron chi connectivity index (χ1n) is 8.49. The molecule has 0 aliphatic rings. The lowest BCUT2D eigenvalue weighted by Crippen LogP contribution is -2.29. The number of thiophene rings is 1. The molecule has 0 atom stereocenters. The summed E-state index contributed by atoms with van der Waals surface area (Å²) in [6.45, 7) is 4.51. The van der Waals surface area contributed by atoms with Crippen molar-refractivity contribution in [2.24, 2.45) is 5.10 Å². The third-order valence-electron chi connectivity index (χ3n) is 4.06. The molecule has 2 heterocycles. The van der Waals surface area contributed by atoms with Gasteiger partial charge in [-0.05, 0) is 36.4 Å². The van der Waals surface area contributed by atoms with Gasteiger partial charge in [-0.3, -0.25) is 9.59 Å². The molecule has 1 aromatic carbocycles. The number of unbranched alkanes of at least 4 members (excludes halogenated alkanes) is 1. The van der Waals surface area contributed by atoms with Crippen LogP contribution >= 0.6 is 11.3 Å². The van der Waals surface area contributed by atoms with Crippen molar-refractivity contribution in [2.45, 2.75) is 33.2 Å². The lowest BCUT2D eigenvalue weighted by Gasteiger charge is -2.09. The van der Waals surface area contributed by atoms with Crippen molar-refractivity contribution in [1.29, 1.82) is 0 Å². The summed E-state index contributed by atoms with van der Waals surface area (Å²) in [4.78, 5) is 26.1. The molecule has 0 unspecified atom stereocenters. The van der Waals surface area contributed by atoms with E-state index in [-0.39, 0.29) is 11.3 Å². The van der Waals surface area contributed by atoms with Crippen LogP contribution in [-0.4, -0.2) is 21.9 Å². The zero-order chi connectivity index (χ0) is 18.5. The highest BCUT2D eigenvalue weighted by atomic mass is 32.1. The standard InChI is InChI=1S/C19H20N4O2S/c1-3-4-10-23-19(25)15-8-6-5-7-14(15)17(22-23)18(24)21-20-12-16-13(2)9-11-26-16/h5-9,11-12H,3-4,10H2,1-2H3,(H,21,24)/b20-12+. The minimum atomic E-state index is -0.433. The van der Waals surface area contributed by atoms with Crippen LogP contribution in [0.1, 0.15) is 40.7 Å². The first-order valence-corrected chi connectivity index (χ1v) is 9.37. The van der Waals surface area contributed by atoms with Gasteiger partial charge in [-0.2, -0.15) is 10.2 Å². The Hall–Kier alpha value is -2.80. The van der Waals surface area contributed by atoms with Gasteiger partial charge in [0.15, 0.2) is 5.69 Å². The van der Waals surface area contributed by atoms with Crippen molar-refractivity contribution in [2.75, 3.05) is 0 Å². The predicted molar refractivity (Wildman–Crippen MR) is 105 cm³/mol. The van der Waals surface area contributed by atoms with Gasteiger partial charge in [0.2, 0.25) is 0 Å². The smallest absolute Gasteiger partial charge is 0.267 e. The fraction of sp³-hybridized carbons (Fsp3) is 0.263. The number of carbonyl (C=O) groups is 1. The van der Waals surface area contributed by atoms with E-state index >= 15 is 0 Å². The Kier molecular flexibility index (Phi) is 5.58. The number of hydrazone groups is 1. The minimum absolute atomic E-state index is 0.177. The molecule has 6 nitrogen and oxygen atoms in total. The van der Waals surface area contributed by atoms with Gasteiger partial charge in [0.05, 0.1) is 11.6 Å². The summed E-state index contributed by atoms with van der Waals surface area (Å²) >= 11 is 1.55. The quantitative estimate of drug-likeness (QED) is 0.535. The summed E-state index contributed by atoms with van der Waals surface area (Å²) in [5, 5.41) is 11.3. The fourth-order valence-electron chi connectivity index (χ4n) is 2.58. The van der Waals surface area contributed by atoms with Gasteiger partial charge in [-0.15, -0.1) is 11.3 Å². The molecule has 2 aromatic heterocycles. The molecular formula is C19H20N4O2S. The largest absolute Gasteiger partial charge is 0.292 e. The average molecular weight is 368 g/mol. The van der Waals surface area contributed by atoms with Crippen LogP contribution in [0, 0.1) is 6.92 Å². The lowest BCUT2D eigenvalue weighted by molar-refractivity contribution is 0.0949. The zero-order valence-corrected chi connectivity index (χ0v) is 15.5. The highest BCUT2D eigenvalue weighted by Gasteiger charge is 2.16. The normalized spacial score (nSPS) is 11.3. The van der Waals surface area contributed by atoms with Gasteiger partial charge in [0.1, 0.15) is 0 Å². The molecule has 0 saturated heterocycles. The van der Waals surface area contributed by atoms with E-state index in [1.54, 1.807) is 41.8 Å². The van der Waals surface area contributed by atoms with Crippen molar-refractivity contribution >= 4 is 34.2 Å². The van der Waals surface area contributed by atoms with E-state index in [4.69, 9.17) is 0 Å². The van der Waals surface area contributed by atoms with Crippen molar-refractivity contribution in [3.63, 3.8) is 0 Å². The van der Waals surface area contributed by atoms with Crippen LogP contribution in [0.5, 0.6) is 0 Å². The highest BCUT2D eigenvalue weighted by molar-refractivity contribution is 7.11. The number of fused-ring (bicyclic) bond motifs is 1. The van der Waals surface area contributed by atoms with Crippen LogP contribution in [0.25, 0.3) is 10.8 Å². The maximum absolute atomic E-state index is 12.6. The third kappa shape index (κ3) is 3.72. The van der Waals surface area contributed by atoms with Crippen LogP contribution in [0.4, 0.5) is 0 Å². The van der Waals surface area contributed by atoms with E-state index in [1.807, 2.05) is 25.3 Å². The molecule has 0 aliphatic carbocycles. The number of hydrogen-bond donors (Lipinski definition) is 1. The number of amides is 1. The van der Waals surface area contributed by atoms with Gasteiger partial charge in [0, 0.05) is 16.8 Å². The Bertz CT molecular complexity index is 1020. The molecule has 0 radical (unpaired) electrons. The van der Waals surface area contributed by atoms with Crippen LogP contribution in [0.2, 0.25) is 0 Å². The summed E-state index contributed by atoms with van der Waals surface area (Å²) in [7, 11) is 0. The van der Waals surface area contributed by atoms with Crippen molar-refractivity contribution < 1.29 is 4.79 Å². The van der Waals surface area contributed by atoms with E-state index in [1.165, 1.54) is 4.68 Å². The second-order valence-corrected chi connectivity index (χ2v) is 6.89. The van der Waals surface area contributed by atoms with Crippen LogP contribution in [0.3, 0.4) is 0 Å². The Balaban J connectivity index is 1.93. The Morgan fingerprint density at radius 2 is 2.08 bits per heavy atom. The molecule has 26 heavy (non-hydrogen) atoms. The predicted octanol–water partition coefficient (Wildman–Crippen LogP) is 3.33. The number of aryl methyl sites for hydroxylation is 2. The van der Waals surface area contributed by atoms with Crippen molar-refractivity contribution in [3.05, 3.63) is 62.2 Å². The Morgan fingerprint density at radius 1 is 1.31 bits per heavy atom. The molecule has 0 spiro atoms. The minimum Gasteiger partial charge on any atom is -0.267 e. The topological polar surface area (TPSA) is 76.3 Å². The molecule has 7 heteroatoms. The lowest BCUT2D eigenvalue weighted by atomic mass is 10.1. The van der Waals surface area contributed by atoms with Crippen LogP contribution in [-0.2, 0) is 6.54 Å². The first-order chi connectivity index (χ1) is 12.6. The van der Waals surface area contributed by atoms with Gasteiger partial charge in [-0.25, -0.2) is 10.1 Å². The summed E-state index contributed by atoms with van der Waals surface area (Å²) < 4.78 is 1.37. The highest BCUT2D eigenvalue weighted by Crippen LogP contribution is 2.14. The van der Waals surface area contributed by atoms with E-state index in [9.17, 15) is 9.59 Å². The first kappa shape index (κ1) is 18.0. The zero-order valence-electron chi connectivity index (χ0n) is 14.7. The maximum Gasteiger partial charge on any atom is 0.292 e. The fourth-order valence-corrected chi connectivity index (χ4v) is 3.37. The average Bonchev–Trinajstić information content (AvgIpc) is 3.06. The second kappa shape index (κ2) is 8.05. The van der Waals surface area contributed by atoms with Gasteiger partial charge < -0.3 is 0 Å². The molecule has 0 bridgehead atoms. The molecule has 1 N–H and O–H groups in total. The van der Waals surface area contributed by atoms with E-state index in [0.29, 0.717) is 17.3 Å². The number of benzene rings is 1. The van der Waals surface area contributed by atoms with E-state index < -0.39 is 5.91 Å². The molecule has 1 amide bonds. The summed E-state index contributed by atoms with van der Waals surface area (Å²) in [5.74, 6) is -0.433. The van der Waals surface area contributed by atoms with Gasteiger partial charge in [-0.1, -0.05) is 31.5 Å². The summed E-state index contributed by atoms with van der Waals surface area (Å²) in [5.41, 5.74) is 3.65. The maximum atomic E-state index is 12.6. The van der Waals surface area contributed by atoms with E-state index in [2.05, 4.69) is 15.6 Å². The number of nitrogens with zero attached hydrogens (tertiary/aromatic N) is 3. The van der Waals surface area contributed by atoms with Crippen LogP contribution in [0.15, 0.2) is 45.6 Å². The van der Waals surface area contributed by atoms with E-state index in [0.717, 1.165) is 23.3 Å². The second-order valence-electron chi connectivity index (χ2n) is 5.94. The molecule has 134 valence electrons. The molecule has 3 rings (SSSR count). The molecule has 0 aliphatic heterocycles. The summed E-state index contributed by atoms with van der Waals surface area (Å²) in [6.07, 6.45) is 3.38. The van der Waals surface area contributed by atoms with Crippen molar-refractivity contribution in [1.82, 2.24) is 15.2 Å². The molecule has 3 aromatic rings. The Morgan fingerprint density at radius 3 is 2.77 bits per heavy atom. The Labute approximate surface area is 155 Å². The van der Waals surface area contributed by atoms with Crippen LogP contribution < -0.4 is 11.0 Å². The summed E-state index contributed by atoms with van der Waals surface area (Å²) in [6, 6.07) is 9.02.